The van der Waals surface area contributed by atoms with Crippen LogP contribution < -0.4 is 4.74 Å². The van der Waals surface area contributed by atoms with Crippen LogP contribution in [0.15, 0.2) is 48.5 Å². The highest BCUT2D eigenvalue weighted by atomic mass is 19.1. The van der Waals surface area contributed by atoms with Gasteiger partial charge in [0.2, 0.25) is 0 Å². The number of hydrogen-bond acceptors (Lipinski definition) is 4. The van der Waals surface area contributed by atoms with Gasteiger partial charge in [0.05, 0.1) is 12.7 Å². The van der Waals surface area contributed by atoms with E-state index in [0.717, 1.165) is 5.56 Å². The summed E-state index contributed by atoms with van der Waals surface area (Å²) in [6, 6.07) is 12.6. The highest BCUT2D eigenvalue weighted by molar-refractivity contribution is 5.75. The summed E-state index contributed by atoms with van der Waals surface area (Å²) in [7, 11) is 1.36. The zero-order valence-electron chi connectivity index (χ0n) is 14.6. The lowest BCUT2D eigenvalue weighted by molar-refractivity contribution is -0.146. The zero-order chi connectivity index (χ0) is 18.7. The number of aliphatic carboxylic acids is 1. The summed E-state index contributed by atoms with van der Waals surface area (Å²) in [5.74, 6) is -1.55. The molecule has 1 heterocycles. The number of benzene rings is 2. The number of rotatable bonds is 5. The van der Waals surface area contributed by atoms with Crippen molar-refractivity contribution in [1.82, 2.24) is 4.90 Å². The molecule has 138 valence electrons. The number of piperidine rings is 1. The topological polar surface area (TPSA) is 70.0 Å². The summed E-state index contributed by atoms with van der Waals surface area (Å²) in [4.78, 5) is 13.6. The molecule has 1 fully saturated rings. The van der Waals surface area contributed by atoms with Crippen molar-refractivity contribution < 1.29 is 24.1 Å². The van der Waals surface area contributed by atoms with Gasteiger partial charge in [-0.1, -0.05) is 36.4 Å². The standard InChI is InChI=1S/C20H22FNO4/c1-26-17-8-7-14(13-16(17)21)18(19(23)24)22-11-9-20(25,10-12-22)15-5-3-2-4-6-15/h2-8,13,18,25H,9-12H2,1H3,(H,23,24). The highest BCUT2D eigenvalue weighted by Crippen LogP contribution is 2.36. The van der Waals surface area contributed by atoms with E-state index in [1.807, 2.05) is 30.3 Å². The molecule has 0 radical (unpaired) electrons. The van der Waals surface area contributed by atoms with Crippen LogP contribution in [0.3, 0.4) is 0 Å². The fourth-order valence-electron chi connectivity index (χ4n) is 3.55. The summed E-state index contributed by atoms with van der Waals surface area (Å²) in [5, 5.41) is 20.6. The summed E-state index contributed by atoms with van der Waals surface area (Å²) in [6.45, 7) is 0.798. The number of carboxylic acid groups (broad SMARTS) is 1. The Balaban J connectivity index is 1.79. The molecule has 6 heteroatoms. The van der Waals surface area contributed by atoms with Gasteiger partial charge in [0.1, 0.15) is 6.04 Å². The maximum absolute atomic E-state index is 14.0. The van der Waals surface area contributed by atoms with E-state index in [0.29, 0.717) is 31.5 Å². The monoisotopic (exact) mass is 359 g/mol. The Morgan fingerprint density at radius 2 is 1.85 bits per heavy atom. The second-order valence-corrected chi connectivity index (χ2v) is 6.57. The average molecular weight is 359 g/mol. The highest BCUT2D eigenvalue weighted by Gasteiger charge is 2.38. The van der Waals surface area contributed by atoms with E-state index in [-0.39, 0.29) is 5.75 Å². The molecule has 1 aliphatic heterocycles. The van der Waals surface area contributed by atoms with Crippen LogP contribution in [-0.2, 0) is 10.4 Å². The first-order chi connectivity index (χ1) is 12.4. The van der Waals surface area contributed by atoms with Gasteiger partial charge >= 0.3 is 5.97 Å². The minimum atomic E-state index is -1.04. The van der Waals surface area contributed by atoms with Crippen molar-refractivity contribution in [1.29, 1.82) is 0 Å². The van der Waals surface area contributed by atoms with Crippen molar-refractivity contribution in [3.63, 3.8) is 0 Å². The third-order valence-corrected chi connectivity index (χ3v) is 5.03. The number of nitrogens with zero attached hydrogens (tertiary/aromatic N) is 1. The Bertz CT molecular complexity index is 773. The predicted octanol–water partition coefficient (Wildman–Crippen LogP) is 2.94. The van der Waals surface area contributed by atoms with Crippen LogP contribution >= 0.6 is 0 Å². The van der Waals surface area contributed by atoms with Crippen molar-refractivity contribution in [2.45, 2.75) is 24.5 Å². The van der Waals surface area contributed by atoms with Gasteiger partial charge in [-0.05, 0) is 36.1 Å². The first-order valence-corrected chi connectivity index (χ1v) is 8.53. The van der Waals surface area contributed by atoms with E-state index in [1.165, 1.54) is 19.2 Å². The number of carboxylic acids is 1. The summed E-state index contributed by atoms with van der Waals surface area (Å²) < 4.78 is 18.9. The Kier molecular flexibility index (Phi) is 5.25. The Morgan fingerprint density at radius 3 is 2.38 bits per heavy atom. The SMILES string of the molecule is COc1ccc(C(C(=O)O)N2CCC(O)(c3ccccc3)CC2)cc1F. The number of methoxy groups -OCH3 is 1. The van der Waals surface area contributed by atoms with Crippen LogP contribution in [0.25, 0.3) is 0 Å². The van der Waals surface area contributed by atoms with Gasteiger partial charge in [0.25, 0.3) is 0 Å². The fourth-order valence-corrected chi connectivity index (χ4v) is 3.55. The molecule has 1 atom stereocenters. The van der Waals surface area contributed by atoms with Crippen LogP contribution in [0.1, 0.15) is 30.0 Å². The molecular weight excluding hydrogens is 337 g/mol. The molecular formula is C20H22FNO4. The lowest BCUT2D eigenvalue weighted by Crippen LogP contribution is -2.46. The number of hydrogen-bond donors (Lipinski definition) is 2. The molecule has 1 saturated heterocycles. The van der Waals surface area contributed by atoms with Crippen LogP contribution in [0.2, 0.25) is 0 Å². The minimum Gasteiger partial charge on any atom is -0.494 e. The van der Waals surface area contributed by atoms with Crippen molar-refractivity contribution in [3.05, 3.63) is 65.5 Å². The van der Waals surface area contributed by atoms with Gasteiger partial charge < -0.3 is 14.9 Å². The summed E-state index contributed by atoms with van der Waals surface area (Å²) in [5.41, 5.74) is 0.231. The normalized spacial score (nSPS) is 18.3. The van der Waals surface area contributed by atoms with Gasteiger partial charge in [0, 0.05) is 13.1 Å². The van der Waals surface area contributed by atoms with E-state index in [1.54, 1.807) is 11.0 Å². The molecule has 5 nitrogen and oxygen atoms in total. The Morgan fingerprint density at radius 1 is 1.19 bits per heavy atom. The molecule has 1 aliphatic rings. The molecule has 0 amide bonds. The predicted molar refractivity (Wildman–Crippen MR) is 94.5 cm³/mol. The Labute approximate surface area is 151 Å². The van der Waals surface area contributed by atoms with Crippen LogP contribution in [0.4, 0.5) is 4.39 Å². The van der Waals surface area contributed by atoms with Crippen molar-refractivity contribution in [2.24, 2.45) is 0 Å². The quantitative estimate of drug-likeness (QED) is 0.859. The van der Waals surface area contributed by atoms with Gasteiger partial charge in [0.15, 0.2) is 11.6 Å². The first kappa shape index (κ1) is 18.4. The second kappa shape index (κ2) is 7.43. The molecule has 2 N–H and O–H groups in total. The molecule has 0 aliphatic carbocycles. The van der Waals surface area contributed by atoms with E-state index in [9.17, 15) is 19.4 Å². The number of carbonyl (C=O) groups is 1. The maximum atomic E-state index is 14.0. The maximum Gasteiger partial charge on any atom is 0.325 e. The fraction of sp³-hybridized carbons (Fsp3) is 0.350. The van der Waals surface area contributed by atoms with Crippen molar-refractivity contribution in [3.8, 4) is 5.75 Å². The van der Waals surface area contributed by atoms with Crippen LogP contribution in [0, 0.1) is 5.82 Å². The van der Waals surface area contributed by atoms with Crippen molar-refractivity contribution in [2.75, 3.05) is 20.2 Å². The molecule has 26 heavy (non-hydrogen) atoms. The number of likely N-dealkylation sites (tertiary alicyclic amines) is 1. The molecule has 0 spiro atoms. The lowest BCUT2D eigenvalue weighted by Gasteiger charge is -2.40. The summed E-state index contributed by atoms with van der Waals surface area (Å²) >= 11 is 0. The molecule has 2 aromatic rings. The van der Waals surface area contributed by atoms with Gasteiger partial charge in [-0.3, -0.25) is 9.69 Å². The zero-order valence-corrected chi connectivity index (χ0v) is 14.6. The molecule has 3 rings (SSSR count). The number of aliphatic hydroxyl groups is 1. The van der Waals surface area contributed by atoms with E-state index in [2.05, 4.69) is 0 Å². The summed E-state index contributed by atoms with van der Waals surface area (Å²) in [6.07, 6.45) is 0.832. The lowest BCUT2D eigenvalue weighted by atomic mass is 9.83. The third kappa shape index (κ3) is 3.57. The molecule has 1 unspecified atom stereocenters. The van der Waals surface area contributed by atoms with E-state index < -0.39 is 23.4 Å². The number of halogens is 1. The molecule has 0 bridgehead atoms. The largest absolute Gasteiger partial charge is 0.494 e. The first-order valence-electron chi connectivity index (χ1n) is 8.53. The van der Waals surface area contributed by atoms with Gasteiger partial charge in [-0.25, -0.2) is 4.39 Å². The number of ether oxygens (including phenoxy) is 1. The molecule has 2 aromatic carbocycles. The second-order valence-electron chi connectivity index (χ2n) is 6.57. The van der Waals surface area contributed by atoms with Crippen molar-refractivity contribution >= 4 is 5.97 Å². The smallest absolute Gasteiger partial charge is 0.325 e. The Hall–Kier alpha value is -2.44. The van der Waals surface area contributed by atoms with E-state index in [4.69, 9.17) is 4.74 Å². The minimum absolute atomic E-state index is 0.0787. The molecule has 0 saturated carbocycles. The van der Waals surface area contributed by atoms with Crippen LogP contribution in [-0.4, -0.2) is 41.3 Å². The van der Waals surface area contributed by atoms with E-state index >= 15 is 0 Å². The third-order valence-electron chi connectivity index (χ3n) is 5.03. The molecule has 0 aromatic heterocycles. The van der Waals surface area contributed by atoms with Gasteiger partial charge in [-0.2, -0.15) is 0 Å². The van der Waals surface area contributed by atoms with Gasteiger partial charge in [-0.15, -0.1) is 0 Å². The average Bonchev–Trinajstić information content (AvgIpc) is 2.64. The van der Waals surface area contributed by atoms with Crippen LogP contribution in [0.5, 0.6) is 5.75 Å².